The van der Waals surface area contributed by atoms with E-state index in [4.69, 9.17) is 5.11 Å². The number of nitrogens with zero attached hydrogens (tertiary/aromatic N) is 3. The molecule has 0 unspecified atom stereocenters. The van der Waals surface area contributed by atoms with Gasteiger partial charge in [-0.3, -0.25) is 14.8 Å². The Bertz CT molecular complexity index is 698. The maximum atomic E-state index is 13.0. The van der Waals surface area contributed by atoms with E-state index in [9.17, 15) is 19.3 Å². The fourth-order valence-corrected chi connectivity index (χ4v) is 1.63. The van der Waals surface area contributed by atoms with Crippen molar-refractivity contribution in [2.45, 2.75) is 0 Å². The second-order valence-electron chi connectivity index (χ2n) is 3.91. The van der Waals surface area contributed by atoms with Crippen molar-refractivity contribution in [1.29, 1.82) is 0 Å². The standard InChI is InChI=1S/C11H9FN4O4/c1-15-5-7(11(17)18)10(14-15)13-8-3-2-6(12)4-9(8)16(19)20/h2-5H,1H3,(H,13,14)(H,17,18). The molecule has 1 heterocycles. The number of rotatable bonds is 4. The van der Waals surface area contributed by atoms with Crippen LogP contribution in [0.25, 0.3) is 0 Å². The Labute approximate surface area is 111 Å². The molecule has 8 nitrogen and oxygen atoms in total. The van der Waals surface area contributed by atoms with Gasteiger partial charge in [0.15, 0.2) is 5.82 Å². The number of halogens is 1. The molecule has 0 aliphatic heterocycles. The molecule has 0 bridgehead atoms. The van der Waals surface area contributed by atoms with Crippen molar-refractivity contribution in [1.82, 2.24) is 9.78 Å². The highest BCUT2D eigenvalue weighted by atomic mass is 19.1. The van der Waals surface area contributed by atoms with Crippen LogP contribution in [0.1, 0.15) is 10.4 Å². The Morgan fingerprint density at radius 3 is 2.85 bits per heavy atom. The summed E-state index contributed by atoms with van der Waals surface area (Å²) in [6, 6.07) is 2.91. The van der Waals surface area contributed by atoms with Crippen molar-refractivity contribution in [3.05, 3.63) is 45.9 Å². The van der Waals surface area contributed by atoms with Gasteiger partial charge in [0, 0.05) is 13.2 Å². The number of hydrogen-bond donors (Lipinski definition) is 2. The topological polar surface area (TPSA) is 110 Å². The molecule has 2 rings (SSSR count). The number of anilines is 2. The number of carbonyl (C=O) groups is 1. The van der Waals surface area contributed by atoms with Gasteiger partial charge in [-0.2, -0.15) is 5.10 Å². The number of aromatic carboxylic acids is 1. The minimum absolute atomic E-state index is 0.0439. The van der Waals surface area contributed by atoms with Crippen molar-refractivity contribution in [3.63, 3.8) is 0 Å². The van der Waals surface area contributed by atoms with Crippen LogP contribution < -0.4 is 5.32 Å². The summed E-state index contributed by atoms with van der Waals surface area (Å²) in [5.74, 6) is -2.05. The van der Waals surface area contributed by atoms with E-state index < -0.39 is 22.4 Å². The average Bonchev–Trinajstić information content (AvgIpc) is 2.72. The first-order valence-electron chi connectivity index (χ1n) is 5.36. The highest BCUT2D eigenvalue weighted by Gasteiger charge is 2.20. The summed E-state index contributed by atoms with van der Waals surface area (Å²) in [6.07, 6.45) is 1.25. The predicted molar refractivity (Wildman–Crippen MR) is 66.5 cm³/mol. The van der Waals surface area contributed by atoms with E-state index in [-0.39, 0.29) is 17.1 Å². The summed E-state index contributed by atoms with van der Waals surface area (Å²) >= 11 is 0. The van der Waals surface area contributed by atoms with E-state index in [0.29, 0.717) is 0 Å². The Morgan fingerprint density at radius 1 is 1.55 bits per heavy atom. The zero-order valence-electron chi connectivity index (χ0n) is 10.2. The Kier molecular flexibility index (Phi) is 3.34. The second-order valence-corrected chi connectivity index (χ2v) is 3.91. The van der Waals surface area contributed by atoms with Gasteiger partial charge in [0.2, 0.25) is 0 Å². The number of aryl methyl sites for hydroxylation is 1. The van der Waals surface area contributed by atoms with Crippen LogP contribution in [0.3, 0.4) is 0 Å². The third-order valence-corrected chi connectivity index (χ3v) is 2.47. The number of nitrogens with one attached hydrogen (secondary N) is 1. The van der Waals surface area contributed by atoms with E-state index in [0.717, 1.165) is 18.2 Å². The van der Waals surface area contributed by atoms with Crippen LogP contribution in [0.5, 0.6) is 0 Å². The number of nitro benzene ring substituents is 1. The van der Waals surface area contributed by atoms with Crippen molar-refractivity contribution in [2.75, 3.05) is 5.32 Å². The minimum atomic E-state index is -1.23. The lowest BCUT2D eigenvalue weighted by Crippen LogP contribution is -2.03. The predicted octanol–water partition coefficient (Wildman–Crippen LogP) is 1.91. The van der Waals surface area contributed by atoms with Gasteiger partial charge in [0.1, 0.15) is 17.1 Å². The van der Waals surface area contributed by atoms with Crippen molar-refractivity contribution in [2.24, 2.45) is 7.05 Å². The molecule has 2 N–H and O–H groups in total. The molecule has 0 atom stereocenters. The lowest BCUT2D eigenvalue weighted by atomic mass is 10.2. The molecule has 0 amide bonds. The minimum Gasteiger partial charge on any atom is -0.477 e. The Morgan fingerprint density at radius 2 is 2.25 bits per heavy atom. The first kappa shape index (κ1) is 13.5. The molecule has 0 fully saturated rings. The highest BCUT2D eigenvalue weighted by molar-refractivity contribution is 5.94. The zero-order chi connectivity index (χ0) is 14.9. The number of hydrogen-bond acceptors (Lipinski definition) is 5. The van der Waals surface area contributed by atoms with Gasteiger partial charge >= 0.3 is 5.97 Å². The average molecular weight is 280 g/mol. The molecule has 1 aromatic heterocycles. The van der Waals surface area contributed by atoms with Crippen molar-refractivity contribution in [3.8, 4) is 0 Å². The number of nitro groups is 1. The van der Waals surface area contributed by atoms with Gasteiger partial charge in [0.05, 0.1) is 11.0 Å². The third-order valence-electron chi connectivity index (χ3n) is 2.47. The summed E-state index contributed by atoms with van der Waals surface area (Å²) in [6.45, 7) is 0. The number of carboxylic acid groups (broad SMARTS) is 1. The normalized spacial score (nSPS) is 10.3. The molecule has 9 heteroatoms. The molecule has 2 aromatic rings. The van der Waals surface area contributed by atoms with Gasteiger partial charge in [-0.1, -0.05) is 0 Å². The molecule has 20 heavy (non-hydrogen) atoms. The van der Waals surface area contributed by atoms with Crippen LogP contribution in [-0.4, -0.2) is 25.8 Å². The van der Waals surface area contributed by atoms with E-state index in [1.165, 1.54) is 17.9 Å². The Balaban J connectivity index is 2.45. The second kappa shape index (κ2) is 4.96. The van der Waals surface area contributed by atoms with Crippen LogP contribution in [-0.2, 0) is 7.05 Å². The van der Waals surface area contributed by atoms with Gasteiger partial charge in [-0.15, -0.1) is 0 Å². The number of aromatic nitrogens is 2. The van der Waals surface area contributed by atoms with Gasteiger partial charge in [0.25, 0.3) is 5.69 Å². The summed E-state index contributed by atoms with van der Waals surface area (Å²) in [5, 5.41) is 26.2. The number of benzene rings is 1. The molecule has 0 spiro atoms. The monoisotopic (exact) mass is 280 g/mol. The van der Waals surface area contributed by atoms with Crippen LogP contribution in [0.2, 0.25) is 0 Å². The highest BCUT2D eigenvalue weighted by Crippen LogP contribution is 2.28. The zero-order valence-corrected chi connectivity index (χ0v) is 10.2. The van der Waals surface area contributed by atoms with Gasteiger partial charge in [-0.05, 0) is 12.1 Å². The van der Waals surface area contributed by atoms with E-state index in [1.54, 1.807) is 0 Å². The van der Waals surface area contributed by atoms with E-state index in [2.05, 4.69) is 10.4 Å². The molecule has 0 saturated carbocycles. The van der Waals surface area contributed by atoms with Crippen LogP contribution in [0, 0.1) is 15.9 Å². The molecule has 0 aliphatic rings. The summed E-state index contributed by atoms with van der Waals surface area (Å²) in [5.41, 5.74) is -0.698. The quantitative estimate of drug-likeness (QED) is 0.653. The molecular formula is C11H9FN4O4. The molecule has 0 radical (unpaired) electrons. The Hall–Kier alpha value is -2.97. The molecule has 1 aromatic carbocycles. The molecule has 0 saturated heterocycles. The lowest BCUT2D eigenvalue weighted by molar-refractivity contribution is -0.384. The fraction of sp³-hybridized carbons (Fsp3) is 0.0909. The van der Waals surface area contributed by atoms with E-state index >= 15 is 0 Å². The van der Waals surface area contributed by atoms with Gasteiger partial charge < -0.3 is 10.4 Å². The number of carboxylic acids is 1. The lowest BCUT2D eigenvalue weighted by Gasteiger charge is -2.05. The third kappa shape index (κ3) is 2.55. The first-order chi connectivity index (χ1) is 9.38. The summed E-state index contributed by atoms with van der Waals surface area (Å²) in [4.78, 5) is 21.1. The van der Waals surface area contributed by atoms with Crippen LogP contribution in [0.15, 0.2) is 24.4 Å². The van der Waals surface area contributed by atoms with Crippen LogP contribution >= 0.6 is 0 Å². The molecule has 104 valence electrons. The summed E-state index contributed by atoms with van der Waals surface area (Å²) in [7, 11) is 1.51. The first-order valence-corrected chi connectivity index (χ1v) is 5.36. The molecular weight excluding hydrogens is 271 g/mol. The summed E-state index contributed by atoms with van der Waals surface area (Å²) < 4.78 is 14.3. The smallest absolute Gasteiger partial charge is 0.341 e. The maximum absolute atomic E-state index is 13.0. The van der Waals surface area contributed by atoms with Crippen molar-refractivity contribution >= 4 is 23.2 Å². The maximum Gasteiger partial charge on any atom is 0.341 e. The van der Waals surface area contributed by atoms with Crippen molar-refractivity contribution < 1.29 is 19.2 Å². The van der Waals surface area contributed by atoms with Crippen LogP contribution in [0.4, 0.5) is 21.6 Å². The largest absolute Gasteiger partial charge is 0.477 e. The fourth-order valence-electron chi connectivity index (χ4n) is 1.63. The molecule has 0 aliphatic carbocycles. The van der Waals surface area contributed by atoms with Gasteiger partial charge in [-0.25, -0.2) is 9.18 Å². The van der Waals surface area contributed by atoms with E-state index in [1.807, 2.05) is 0 Å². The SMILES string of the molecule is Cn1cc(C(=O)O)c(Nc2ccc(F)cc2[N+](=O)[O-])n1.